The first-order valence-electron chi connectivity index (χ1n) is 11.5. The second-order valence-electron chi connectivity index (χ2n) is 8.76. The number of rotatable bonds is 10. The molecule has 1 heterocycles. The molecule has 1 saturated heterocycles. The molecule has 0 spiro atoms. The molecule has 0 aromatic heterocycles. The molecule has 1 aromatic rings. The van der Waals surface area contributed by atoms with Gasteiger partial charge in [-0.3, -0.25) is 9.89 Å². The first-order chi connectivity index (χ1) is 14.7. The van der Waals surface area contributed by atoms with Crippen molar-refractivity contribution in [3.05, 3.63) is 29.8 Å². The van der Waals surface area contributed by atoms with Gasteiger partial charge in [0.1, 0.15) is 5.75 Å². The fraction of sp³-hybridized carbons (Fsp3) is 0.708. The molecule has 2 aliphatic rings. The Hall–Kier alpha value is -1.79. The van der Waals surface area contributed by atoms with Gasteiger partial charge in [0.2, 0.25) is 0 Å². The van der Waals surface area contributed by atoms with Gasteiger partial charge in [0.25, 0.3) is 0 Å². The predicted molar refractivity (Wildman–Crippen MR) is 123 cm³/mol. The van der Waals surface area contributed by atoms with Gasteiger partial charge in [0, 0.05) is 39.4 Å². The van der Waals surface area contributed by atoms with Crippen LogP contribution in [-0.4, -0.2) is 64.9 Å². The van der Waals surface area contributed by atoms with E-state index in [1.807, 2.05) is 13.1 Å². The van der Waals surface area contributed by atoms with Crippen LogP contribution in [0.2, 0.25) is 0 Å². The van der Waals surface area contributed by atoms with E-state index in [1.54, 1.807) is 14.2 Å². The van der Waals surface area contributed by atoms with Crippen molar-refractivity contribution in [1.82, 2.24) is 15.5 Å². The molecule has 1 atom stereocenters. The number of nitrogens with one attached hydrogen (secondary N) is 2. The Labute approximate surface area is 182 Å². The lowest BCUT2D eigenvalue weighted by molar-refractivity contribution is 0.0732. The van der Waals surface area contributed by atoms with Crippen LogP contribution in [-0.2, 0) is 4.74 Å². The zero-order valence-corrected chi connectivity index (χ0v) is 19.1. The van der Waals surface area contributed by atoms with Gasteiger partial charge in [-0.2, -0.15) is 0 Å². The molecule has 1 aliphatic carbocycles. The number of hydrogen-bond acceptors (Lipinski definition) is 4. The van der Waals surface area contributed by atoms with Gasteiger partial charge in [-0.05, 0) is 56.7 Å². The van der Waals surface area contributed by atoms with Crippen molar-refractivity contribution in [1.29, 1.82) is 0 Å². The summed E-state index contributed by atoms with van der Waals surface area (Å²) in [6.07, 6.45) is 8.85. The van der Waals surface area contributed by atoms with Gasteiger partial charge in [0.15, 0.2) is 5.96 Å². The summed E-state index contributed by atoms with van der Waals surface area (Å²) in [6, 6.07) is 8.69. The van der Waals surface area contributed by atoms with Gasteiger partial charge in [0.05, 0.1) is 13.2 Å². The van der Waals surface area contributed by atoms with E-state index in [0.717, 1.165) is 50.9 Å². The van der Waals surface area contributed by atoms with E-state index >= 15 is 0 Å². The highest BCUT2D eigenvalue weighted by atomic mass is 16.5. The fourth-order valence-electron chi connectivity index (χ4n) is 4.80. The standard InChI is InChI=1S/C24H40N4O2/c1-25-23(27-19-24(12-9-13-24)14-17-29-2)26-18-21(28-15-7-4-8-16-28)20-10-5-6-11-22(20)30-3/h5-6,10-11,21H,4,7-9,12-19H2,1-3H3,(H2,25,26,27). The zero-order valence-electron chi connectivity index (χ0n) is 19.1. The second-order valence-corrected chi connectivity index (χ2v) is 8.76. The SMILES string of the molecule is CN=C(NCC(c1ccccc1OC)N1CCCCC1)NCC1(CCOC)CCC1. The number of nitrogens with zero attached hydrogens (tertiary/aromatic N) is 2. The maximum absolute atomic E-state index is 5.69. The highest BCUT2D eigenvalue weighted by Gasteiger charge is 2.36. The van der Waals surface area contributed by atoms with Crippen molar-refractivity contribution in [2.24, 2.45) is 10.4 Å². The molecular formula is C24H40N4O2. The first-order valence-corrected chi connectivity index (χ1v) is 11.5. The third-order valence-corrected chi connectivity index (χ3v) is 6.90. The summed E-state index contributed by atoms with van der Waals surface area (Å²) in [5, 5.41) is 7.20. The lowest BCUT2D eigenvalue weighted by atomic mass is 9.67. The summed E-state index contributed by atoms with van der Waals surface area (Å²) in [4.78, 5) is 7.09. The molecule has 30 heavy (non-hydrogen) atoms. The monoisotopic (exact) mass is 416 g/mol. The lowest BCUT2D eigenvalue weighted by Gasteiger charge is -2.42. The van der Waals surface area contributed by atoms with Crippen LogP contribution in [0.5, 0.6) is 5.75 Å². The van der Waals surface area contributed by atoms with Crippen LogP contribution < -0.4 is 15.4 Å². The van der Waals surface area contributed by atoms with Crippen LogP contribution in [0.25, 0.3) is 0 Å². The molecule has 6 nitrogen and oxygen atoms in total. The molecule has 1 unspecified atom stereocenters. The number of likely N-dealkylation sites (tertiary alicyclic amines) is 1. The summed E-state index contributed by atoms with van der Waals surface area (Å²) in [6.45, 7) is 4.87. The quantitative estimate of drug-likeness (QED) is 0.451. The molecule has 0 radical (unpaired) electrons. The molecule has 1 aliphatic heterocycles. The van der Waals surface area contributed by atoms with Gasteiger partial charge in [-0.25, -0.2) is 0 Å². The van der Waals surface area contributed by atoms with E-state index in [0.29, 0.717) is 5.41 Å². The van der Waals surface area contributed by atoms with Crippen LogP contribution in [0.15, 0.2) is 29.3 Å². The van der Waals surface area contributed by atoms with Crippen molar-refractivity contribution in [2.75, 3.05) is 54.1 Å². The molecule has 0 bridgehead atoms. The van der Waals surface area contributed by atoms with Gasteiger partial charge >= 0.3 is 0 Å². The van der Waals surface area contributed by atoms with Crippen molar-refractivity contribution < 1.29 is 9.47 Å². The topological polar surface area (TPSA) is 58.1 Å². The van der Waals surface area contributed by atoms with E-state index in [4.69, 9.17) is 9.47 Å². The Kier molecular flexibility index (Phi) is 8.82. The number of ether oxygens (including phenoxy) is 2. The van der Waals surface area contributed by atoms with Gasteiger partial charge in [-0.1, -0.05) is 31.0 Å². The van der Waals surface area contributed by atoms with Crippen LogP contribution in [0, 0.1) is 5.41 Å². The number of hydrogen-bond donors (Lipinski definition) is 2. The molecule has 168 valence electrons. The largest absolute Gasteiger partial charge is 0.496 e. The van der Waals surface area contributed by atoms with Crippen LogP contribution in [0.3, 0.4) is 0 Å². The van der Waals surface area contributed by atoms with E-state index in [9.17, 15) is 0 Å². The second kappa shape index (κ2) is 11.6. The molecule has 1 aromatic carbocycles. The highest BCUT2D eigenvalue weighted by Crippen LogP contribution is 2.43. The predicted octanol–water partition coefficient (Wildman–Crippen LogP) is 3.59. The third-order valence-electron chi connectivity index (χ3n) is 6.90. The minimum absolute atomic E-state index is 0.270. The van der Waals surface area contributed by atoms with Crippen LogP contribution >= 0.6 is 0 Å². The zero-order chi connectivity index (χ0) is 21.2. The number of piperidine rings is 1. The molecule has 2 fully saturated rings. The summed E-state index contributed by atoms with van der Waals surface area (Å²) < 4.78 is 11.0. The average molecular weight is 417 g/mol. The minimum atomic E-state index is 0.270. The van der Waals surface area contributed by atoms with Crippen molar-refractivity contribution in [2.45, 2.75) is 51.0 Å². The van der Waals surface area contributed by atoms with Crippen molar-refractivity contribution in [3.63, 3.8) is 0 Å². The number of para-hydroxylation sites is 1. The lowest BCUT2D eigenvalue weighted by Crippen LogP contribution is -2.49. The van der Waals surface area contributed by atoms with E-state index in [2.05, 4.69) is 38.7 Å². The molecule has 3 rings (SSSR count). The summed E-state index contributed by atoms with van der Waals surface area (Å²) in [7, 11) is 5.41. The Morgan fingerprint density at radius 1 is 1.10 bits per heavy atom. The van der Waals surface area contributed by atoms with Crippen molar-refractivity contribution >= 4 is 5.96 Å². The minimum Gasteiger partial charge on any atom is -0.496 e. The molecule has 0 amide bonds. The Morgan fingerprint density at radius 2 is 1.87 bits per heavy atom. The third kappa shape index (κ3) is 5.88. The van der Waals surface area contributed by atoms with Crippen LogP contribution in [0.1, 0.15) is 56.6 Å². The molecule has 6 heteroatoms. The fourth-order valence-corrected chi connectivity index (χ4v) is 4.80. The summed E-state index contributed by atoms with van der Waals surface area (Å²) in [5.41, 5.74) is 1.61. The van der Waals surface area contributed by atoms with Crippen LogP contribution in [0.4, 0.5) is 0 Å². The smallest absolute Gasteiger partial charge is 0.191 e. The number of guanidine groups is 1. The van der Waals surface area contributed by atoms with E-state index in [-0.39, 0.29) is 6.04 Å². The Bertz CT molecular complexity index is 669. The van der Waals surface area contributed by atoms with Crippen molar-refractivity contribution in [3.8, 4) is 5.75 Å². The number of benzene rings is 1. The Morgan fingerprint density at radius 3 is 2.50 bits per heavy atom. The number of methoxy groups -OCH3 is 2. The first kappa shape index (κ1) is 22.9. The number of aliphatic imine (C=N–C) groups is 1. The molecular weight excluding hydrogens is 376 g/mol. The normalized spacial score (nSPS) is 20.3. The maximum Gasteiger partial charge on any atom is 0.191 e. The highest BCUT2D eigenvalue weighted by molar-refractivity contribution is 5.79. The molecule has 1 saturated carbocycles. The van der Waals surface area contributed by atoms with E-state index < -0.39 is 0 Å². The van der Waals surface area contributed by atoms with E-state index in [1.165, 1.54) is 44.1 Å². The average Bonchev–Trinajstić information content (AvgIpc) is 2.77. The maximum atomic E-state index is 5.69. The summed E-state index contributed by atoms with van der Waals surface area (Å²) in [5.74, 6) is 1.85. The van der Waals surface area contributed by atoms with Gasteiger partial charge in [-0.15, -0.1) is 0 Å². The van der Waals surface area contributed by atoms with Gasteiger partial charge < -0.3 is 20.1 Å². The summed E-state index contributed by atoms with van der Waals surface area (Å²) >= 11 is 0. The Balaban J connectivity index is 1.63. The molecule has 2 N–H and O–H groups in total.